The minimum atomic E-state index is 0.426. The predicted octanol–water partition coefficient (Wildman–Crippen LogP) is 5.59. The largest absolute Gasteiger partial charge is 0.485 e. The molecule has 3 nitrogen and oxygen atoms in total. The highest BCUT2D eigenvalue weighted by molar-refractivity contribution is 5.33. The summed E-state index contributed by atoms with van der Waals surface area (Å²) in [5.41, 5.74) is 1.30. The van der Waals surface area contributed by atoms with E-state index in [1.807, 2.05) is 12.1 Å². The molecule has 0 aliphatic heterocycles. The van der Waals surface area contributed by atoms with Crippen LogP contribution in [0.2, 0.25) is 0 Å². The van der Waals surface area contributed by atoms with Gasteiger partial charge in [0.15, 0.2) is 5.82 Å². The van der Waals surface area contributed by atoms with Gasteiger partial charge >= 0.3 is 0 Å². The highest BCUT2D eigenvalue weighted by Gasteiger charge is 2.16. The summed E-state index contributed by atoms with van der Waals surface area (Å²) in [6, 6.07) is 10.2. The summed E-state index contributed by atoms with van der Waals surface area (Å²) in [5.74, 6) is 3.45. The van der Waals surface area contributed by atoms with Crippen molar-refractivity contribution in [2.75, 3.05) is 0 Å². The van der Waals surface area contributed by atoms with Gasteiger partial charge in [-0.05, 0) is 48.8 Å². The van der Waals surface area contributed by atoms with Crippen molar-refractivity contribution in [3.05, 3.63) is 54.1 Å². The third-order valence-electron chi connectivity index (χ3n) is 5.32. The van der Waals surface area contributed by atoms with Crippen LogP contribution in [0.3, 0.4) is 0 Å². The molecule has 1 aliphatic rings. The Kier molecular flexibility index (Phi) is 6.84. The minimum absolute atomic E-state index is 0.426. The van der Waals surface area contributed by atoms with E-state index in [0.29, 0.717) is 6.61 Å². The number of hydrogen-bond acceptors (Lipinski definition) is 3. The second-order valence-electron chi connectivity index (χ2n) is 7.45. The van der Waals surface area contributed by atoms with E-state index in [9.17, 15) is 0 Å². The normalized spacial score (nSPS) is 16.5. The third-order valence-corrected chi connectivity index (χ3v) is 5.32. The molecule has 1 aromatic heterocycles. The third kappa shape index (κ3) is 5.84. The number of nitrogens with zero attached hydrogens (tertiary/aromatic N) is 2. The quantitative estimate of drug-likeness (QED) is 0.629. The molecule has 1 heterocycles. The van der Waals surface area contributed by atoms with Crippen LogP contribution in [0.1, 0.15) is 63.3 Å². The van der Waals surface area contributed by atoms with E-state index in [4.69, 9.17) is 4.74 Å². The van der Waals surface area contributed by atoms with Crippen LogP contribution in [0.25, 0.3) is 0 Å². The summed E-state index contributed by atoms with van der Waals surface area (Å²) in [7, 11) is 0. The lowest BCUT2D eigenvalue weighted by Crippen LogP contribution is -2.11. The van der Waals surface area contributed by atoms with Gasteiger partial charge in [0.05, 0.1) is 0 Å². The number of benzene rings is 1. The number of hydrogen-bond donors (Lipinski definition) is 0. The van der Waals surface area contributed by atoms with Crippen LogP contribution in [0.15, 0.2) is 42.7 Å². The van der Waals surface area contributed by atoms with Gasteiger partial charge in [0.1, 0.15) is 12.4 Å². The Bertz CT molecular complexity index is 623. The minimum Gasteiger partial charge on any atom is -0.485 e. The van der Waals surface area contributed by atoms with Crippen LogP contribution in [0, 0.1) is 11.8 Å². The predicted molar refractivity (Wildman–Crippen MR) is 101 cm³/mol. The highest BCUT2D eigenvalue weighted by atomic mass is 16.5. The fourth-order valence-corrected chi connectivity index (χ4v) is 3.91. The molecular formula is C22H30N2O. The Labute approximate surface area is 151 Å². The smallest absolute Gasteiger partial charge is 0.166 e. The van der Waals surface area contributed by atoms with Gasteiger partial charge in [-0.25, -0.2) is 9.97 Å². The van der Waals surface area contributed by atoms with Gasteiger partial charge in [-0.15, -0.1) is 0 Å². The van der Waals surface area contributed by atoms with E-state index in [0.717, 1.165) is 29.8 Å². The van der Waals surface area contributed by atoms with E-state index in [1.54, 1.807) is 12.4 Å². The monoisotopic (exact) mass is 338 g/mol. The van der Waals surface area contributed by atoms with Crippen molar-refractivity contribution < 1.29 is 4.74 Å². The molecule has 1 saturated carbocycles. The lowest BCUT2D eigenvalue weighted by molar-refractivity contribution is 0.283. The van der Waals surface area contributed by atoms with Crippen LogP contribution in [0.5, 0.6) is 5.75 Å². The SMILES string of the molecule is CC(CCc1ccccc1OCc1ncccn1)CC1CCCCC1. The second kappa shape index (κ2) is 9.55. The molecule has 134 valence electrons. The Morgan fingerprint density at radius 3 is 2.60 bits per heavy atom. The molecule has 0 saturated heterocycles. The average molecular weight is 338 g/mol. The zero-order valence-corrected chi connectivity index (χ0v) is 15.4. The molecule has 1 unspecified atom stereocenters. The zero-order valence-electron chi connectivity index (χ0n) is 15.4. The van der Waals surface area contributed by atoms with Crippen LogP contribution in [-0.2, 0) is 13.0 Å². The van der Waals surface area contributed by atoms with Crippen LogP contribution < -0.4 is 4.74 Å². The van der Waals surface area contributed by atoms with Gasteiger partial charge in [0.25, 0.3) is 0 Å². The molecule has 1 aliphatic carbocycles. The molecule has 3 heteroatoms. The van der Waals surface area contributed by atoms with Crippen molar-refractivity contribution in [2.45, 2.75) is 64.9 Å². The summed E-state index contributed by atoms with van der Waals surface area (Å²) in [5, 5.41) is 0. The van der Waals surface area contributed by atoms with E-state index < -0.39 is 0 Å². The molecule has 0 amide bonds. The molecule has 0 N–H and O–H groups in total. The van der Waals surface area contributed by atoms with Crippen molar-refractivity contribution in [3.63, 3.8) is 0 Å². The molecule has 2 aromatic rings. The number of ether oxygens (including phenoxy) is 1. The summed E-state index contributed by atoms with van der Waals surface area (Å²) >= 11 is 0. The van der Waals surface area contributed by atoms with E-state index in [-0.39, 0.29) is 0 Å². The lowest BCUT2D eigenvalue weighted by atomic mass is 9.82. The fourth-order valence-electron chi connectivity index (χ4n) is 3.91. The first-order valence-electron chi connectivity index (χ1n) is 9.78. The first-order valence-corrected chi connectivity index (χ1v) is 9.78. The molecule has 0 bridgehead atoms. The number of aromatic nitrogens is 2. The van der Waals surface area contributed by atoms with Gasteiger partial charge in [0, 0.05) is 12.4 Å². The Morgan fingerprint density at radius 2 is 1.80 bits per heavy atom. The molecule has 1 aromatic carbocycles. The van der Waals surface area contributed by atoms with Gasteiger partial charge < -0.3 is 4.74 Å². The van der Waals surface area contributed by atoms with Crippen molar-refractivity contribution in [1.29, 1.82) is 0 Å². The molecule has 1 atom stereocenters. The molecule has 0 radical (unpaired) electrons. The van der Waals surface area contributed by atoms with E-state index in [2.05, 4.69) is 35.1 Å². The molecular weight excluding hydrogens is 308 g/mol. The fraction of sp³-hybridized carbons (Fsp3) is 0.545. The number of rotatable bonds is 8. The lowest BCUT2D eigenvalue weighted by Gasteiger charge is -2.24. The van der Waals surface area contributed by atoms with Gasteiger partial charge in [0.2, 0.25) is 0 Å². The summed E-state index contributed by atoms with van der Waals surface area (Å²) < 4.78 is 5.98. The van der Waals surface area contributed by atoms with E-state index >= 15 is 0 Å². The average Bonchev–Trinajstić information content (AvgIpc) is 2.67. The van der Waals surface area contributed by atoms with Crippen molar-refractivity contribution in [2.24, 2.45) is 11.8 Å². The van der Waals surface area contributed by atoms with Gasteiger partial charge in [-0.2, -0.15) is 0 Å². The molecule has 1 fully saturated rings. The molecule has 0 spiro atoms. The van der Waals surface area contributed by atoms with Crippen molar-refractivity contribution in [3.8, 4) is 5.75 Å². The second-order valence-corrected chi connectivity index (χ2v) is 7.45. The first-order chi connectivity index (χ1) is 12.3. The van der Waals surface area contributed by atoms with Crippen LogP contribution in [-0.4, -0.2) is 9.97 Å². The molecule has 3 rings (SSSR count). The number of para-hydroxylation sites is 1. The van der Waals surface area contributed by atoms with Gasteiger partial charge in [-0.3, -0.25) is 0 Å². The first kappa shape index (κ1) is 17.9. The number of aryl methyl sites for hydroxylation is 1. The molecule has 25 heavy (non-hydrogen) atoms. The summed E-state index contributed by atoms with van der Waals surface area (Å²) in [6.07, 6.45) is 14.4. The maximum atomic E-state index is 5.98. The highest BCUT2D eigenvalue weighted by Crippen LogP contribution is 2.31. The topological polar surface area (TPSA) is 35.0 Å². The Morgan fingerprint density at radius 1 is 1.04 bits per heavy atom. The Balaban J connectivity index is 1.50. The standard InChI is InChI=1S/C22H30N2O/c1-18(16-19-8-3-2-4-9-19)12-13-20-10-5-6-11-21(20)25-17-22-23-14-7-15-24-22/h5-7,10-11,14-15,18-19H,2-4,8-9,12-13,16-17H2,1H3. The maximum Gasteiger partial charge on any atom is 0.166 e. The van der Waals surface area contributed by atoms with E-state index in [1.165, 1.54) is 50.5 Å². The summed E-state index contributed by atoms with van der Waals surface area (Å²) in [4.78, 5) is 8.45. The van der Waals surface area contributed by atoms with Gasteiger partial charge in [-0.1, -0.05) is 57.2 Å². The zero-order chi connectivity index (χ0) is 17.3. The van der Waals surface area contributed by atoms with Crippen molar-refractivity contribution in [1.82, 2.24) is 9.97 Å². The van der Waals surface area contributed by atoms with Crippen molar-refractivity contribution >= 4 is 0 Å². The maximum absolute atomic E-state index is 5.98. The van der Waals surface area contributed by atoms with Crippen LogP contribution in [0.4, 0.5) is 0 Å². The summed E-state index contributed by atoms with van der Waals surface area (Å²) in [6.45, 7) is 2.84. The van der Waals surface area contributed by atoms with Crippen LogP contribution >= 0.6 is 0 Å². The Hall–Kier alpha value is -1.90.